The second-order valence-electron chi connectivity index (χ2n) is 3.03. The predicted octanol–water partition coefficient (Wildman–Crippen LogP) is 3.92. The lowest BCUT2D eigenvalue weighted by atomic mass is 10.3. The number of nitrogens with zero attached hydrogens (tertiary/aromatic N) is 2. The largest absolute Gasteiger partial charge is 0.490 e. The summed E-state index contributed by atoms with van der Waals surface area (Å²) in [4.78, 5) is 4.31. The van der Waals surface area contributed by atoms with Crippen LogP contribution in [0, 0.1) is 11.5 Å². The van der Waals surface area contributed by atoms with Crippen LogP contribution in [0.2, 0.25) is 5.02 Å². The zero-order valence-corrected chi connectivity index (χ0v) is 13.0. The quantitative estimate of drug-likeness (QED) is 0.389. The summed E-state index contributed by atoms with van der Waals surface area (Å²) in [6.45, 7) is 2.40. The molecule has 0 aliphatic rings. The van der Waals surface area contributed by atoms with Gasteiger partial charge in [0, 0.05) is 5.02 Å². The van der Waals surface area contributed by atoms with Gasteiger partial charge in [0.15, 0.2) is 17.1 Å². The smallest absolute Gasteiger partial charge is 0.183 e. The molecule has 0 fully saturated rings. The van der Waals surface area contributed by atoms with E-state index in [1.165, 1.54) is 11.8 Å². The van der Waals surface area contributed by atoms with E-state index in [2.05, 4.69) is 26.2 Å². The highest BCUT2D eigenvalue weighted by atomic mass is 79.9. The summed E-state index contributed by atoms with van der Waals surface area (Å²) in [5, 5.41) is 12.1. The standard InChI is InChI=1S/C11H11BrClN3OS/c1-3-17-10-8(12)4-7(13)5-9(10)16-11(18-2)15-6-14/h4-5H,3H2,1-2H3,(H,15,16). The third-order valence-corrected chi connectivity index (χ3v) is 3.24. The molecule has 0 aliphatic heterocycles. The number of ether oxygens (including phenoxy) is 1. The lowest BCUT2D eigenvalue weighted by Crippen LogP contribution is -2.12. The Labute approximate surface area is 124 Å². The highest BCUT2D eigenvalue weighted by Crippen LogP contribution is 2.38. The van der Waals surface area contributed by atoms with Crippen LogP contribution in [0.5, 0.6) is 5.75 Å². The van der Waals surface area contributed by atoms with E-state index in [-0.39, 0.29) is 0 Å². The van der Waals surface area contributed by atoms with Gasteiger partial charge in [0.05, 0.1) is 11.1 Å². The first kappa shape index (κ1) is 15.2. The number of aliphatic imine (C=N–C) groups is 1. The van der Waals surface area contributed by atoms with Crippen molar-refractivity contribution in [3.05, 3.63) is 21.6 Å². The summed E-state index contributed by atoms with van der Waals surface area (Å²) in [5.74, 6) is 0.605. The van der Waals surface area contributed by atoms with Crippen molar-refractivity contribution in [2.75, 3.05) is 12.9 Å². The second kappa shape index (κ2) is 7.52. The molecule has 1 rings (SSSR count). The van der Waals surface area contributed by atoms with Gasteiger partial charge in [-0.1, -0.05) is 23.4 Å². The van der Waals surface area contributed by atoms with E-state index < -0.39 is 0 Å². The van der Waals surface area contributed by atoms with Crippen molar-refractivity contribution in [2.45, 2.75) is 6.92 Å². The minimum absolute atomic E-state index is 0.479. The van der Waals surface area contributed by atoms with Gasteiger partial charge in [0.2, 0.25) is 0 Å². The Morgan fingerprint density at radius 3 is 2.94 bits per heavy atom. The molecule has 96 valence electrons. The molecule has 0 amide bonds. The number of halogens is 2. The van der Waals surface area contributed by atoms with Crippen LogP contribution in [0.1, 0.15) is 6.92 Å². The van der Waals surface area contributed by atoms with E-state index in [0.717, 1.165) is 4.47 Å². The van der Waals surface area contributed by atoms with Crippen LogP contribution in [0.3, 0.4) is 0 Å². The first-order chi connectivity index (χ1) is 8.62. The summed E-state index contributed by atoms with van der Waals surface area (Å²) in [5.41, 5.74) is 0.573. The molecular weight excluding hydrogens is 338 g/mol. The van der Waals surface area contributed by atoms with Crippen LogP contribution >= 0.6 is 39.3 Å². The zero-order valence-electron chi connectivity index (χ0n) is 9.83. The first-order valence-electron chi connectivity index (χ1n) is 5.02. The number of rotatable bonds is 3. The molecule has 18 heavy (non-hydrogen) atoms. The molecule has 7 heteroatoms. The van der Waals surface area contributed by atoms with Crippen LogP contribution in [-0.2, 0) is 0 Å². The third-order valence-electron chi connectivity index (χ3n) is 1.86. The summed E-state index contributed by atoms with van der Waals surface area (Å²) in [6, 6.07) is 3.43. The van der Waals surface area contributed by atoms with E-state index in [4.69, 9.17) is 21.6 Å². The molecule has 1 aromatic rings. The van der Waals surface area contributed by atoms with Crippen molar-refractivity contribution in [2.24, 2.45) is 4.99 Å². The molecule has 0 aromatic heterocycles. The summed E-state index contributed by atoms with van der Waals surface area (Å²) in [7, 11) is 0. The van der Waals surface area contributed by atoms with Crippen LogP contribution < -0.4 is 10.1 Å². The number of benzene rings is 1. The van der Waals surface area contributed by atoms with Gasteiger partial charge in [0.1, 0.15) is 5.69 Å². The van der Waals surface area contributed by atoms with E-state index in [1.54, 1.807) is 12.1 Å². The van der Waals surface area contributed by atoms with Crippen molar-refractivity contribution in [1.29, 1.82) is 5.26 Å². The van der Waals surface area contributed by atoms with Crippen molar-refractivity contribution in [3.63, 3.8) is 0 Å². The minimum atomic E-state index is 0.479. The number of hydrogen-bond acceptors (Lipinski definition) is 4. The van der Waals surface area contributed by atoms with Crippen molar-refractivity contribution < 1.29 is 4.74 Å². The monoisotopic (exact) mass is 347 g/mol. The molecule has 0 spiro atoms. The fourth-order valence-corrected chi connectivity index (χ4v) is 2.44. The van der Waals surface area contributed by atoms with E-state index >= 15 is 0 Å². The SMILES string of the molecule is CCOc1c(Br)cc(Cl)cc1N=C(NC#N)SC. The number of nitrogens with one attached hydrogen (secondary N) is 1. The number of hydrogen-bond donors (Lipinski definition) is 1. The number of nitriles is 1. The van der Waals surface area contributed by atoms with E-state index in [1.807, 2.05) is 19.4 Å². The molecule has 0 radical (unpaired) electrons. The average Bonchev–Trinajstić information content (AvgIpc) is 2.32. The van der Waals surface area contributed by atoms with Gasteiger partial charge < -0.3 is 4.74 Å². The highest BCUT2D eigenvalue weighted by Gasteiger charge is 2.10. The normalized spacial score (nSPS) is 10.9. The fraction of sp³-hybridized carbons (Fsp3) is 0.273. The van der Waals surface area contributed by atoms with Crippen LogP contribution in [-0.4, -0.2) is 18.0 Å². The molecule has 0 bridgehead atoms. The molecule has 0 saturated carbocycles. The van der Waals surface area contributed by atoms with Crippen molar-refractivity contribution in [3.8, 4) is 11.9 Å². The molecule has 0 atom stereocenters. The Kier molecular flexibility index (Phi) is 6.33. The zero-order chi connectivity index (χ0) is 13.5. The Bertz CT molecular complexity index is 502. The Hall–Kier alpha value is -0.900. The molecule has 1 aromatic carbocycles. The van der Waals surface area contributed by atoms with E-state index in [0.29, 0.717) is 28.2 Å². The molecular formula is C11H11BrClN3OS. The average molecular weight is 349 g/mol. The van der Waals surface area contributed by atoms with Gasteiger partial charge in [-0.2, -0.15) is 5.26 Å². The number of amidine groups is 1. The first-order valence-corrected chi connectivity index (χ1v) is 7.41. The van der Waals surface area contributed by atoms with Crippen LogP contribution in [0.25, 0.3) is 0 Å². The predicted molar refractivity (Wildman–Crippen MR) is 79.7 cm³/mol. The molecule has 1 N–H and O–H groups in total. The molecule has 0 saturated heterocycles. The molecule has 0 heterocycles. The molecule has 0 unspecified atom stereocenters. The van der Waals surface area contributed by atoms with Crippen molar-refractivity contribution >= 4 is 50.1 Å². The lowest BCUT2D eigenvalue weighted by Gasteiger charge is -2.10. The van der Waals surface area contributed by atoms with Crippen molar-refractivity contribution in [1.82, 2.24) is 5.32 Å². The summed E-state index contributed by atoms with van der Waals surface area (Å²) in [6.07, 6.45) is 3.66. The van der Waals surface area contributed by atoms with Crippen LogP contribution in [0.4, 0.5) is 5.69 Å². The summed E-state index contributed by atoms with van der Waals surface area (Å²) >= 11 is 10.7. The third kappa shape index (κ3) is 4.09. The van der Waals surface area contributed by atoms with E-state index in [9.17, 15) is 0 Å². The maximum atomic E-state index is 8.61. The van der Waals surface area contributed by atoms with Crippen LogP contribution in [0.15, 0.2) is 21.6 Å². The maximum absolute atomic E-state index is 8.61. The van der Waals surface area contributed by atoms with Gasteiger partial charge in [-0.15, -0.1) is 0 Å². The van der Waals surface area contributed by atoms with Gasteiger partial charge in [-0.3, -0.25) is 5.32 Å². The summed E-state index contributed by atoms with van der Waals surface area (Å²) < 4.78 is 6.24. The van der Waals surface area contributed by atoms with Gasteiger partial charge in [-0.05, 0) is 41.2 Å². The Balaban J connectivity index is 3.25. The minimum Gasteiger partial charge on any atom is -0.490 e. The van der Waals surface area contributed by atoms with Gasteiger partial charge in [-0.25, -0.2) is 4.99 Å². The molecule has 4 nitrogen and oxygen atoms in total. The maximum Gasteiger partial charge on any atom is 0.183 e. The fourth-order valence-electron chi connectivity index (χ4n) is 1.20. The topological polar surface area (TPSA) is 57.4 Å². The van der Waals surface area contributed by atoms with Gasteiger partial charge >= 0.3 is 0 Å². The lowest BCUT2D eigenvalue weighted by molar-refractivity contribution is 0.339. The van der Waals surface area contributed by atoms with Gasteiger partial charge in [0.25, 0.3) is 0 Å². The Morgan fingerprint density at radius 1 is 1.67 bits per heavy atom. The second-order valence-corrected chi connectivity index (χ2v) is 5.11. The highest BCUT2D eigenvalue weighted by molar-refractivity contribution is 9.10. The molecule has 0 aliphatic carbocycles. The Morgan fingerprint density at radius 2 is 2.39 bits per heavy atom. The number of thioether (sulfide) groups is 1.